The first-order chi connectivity index (χ1) is 8.51. The van der Waals surface area contributed by atoms with E-state index in [1.807, 2.05) is 0 Å². The SMILES string of the molecule is O=c1oc(=O)c2cc(S(=O)(=O)O)c1cc2S(=O)(=O)O. The molecule has 0 radical (unpaired) electrons. The topological polar surface area (TPSA) is 156 Å². The van der Waals surface area contributed by atoms with E-state index >= 15 is 0 Å². The molecular weight excluding hydrogens is 304 g/mol. The van der Waals surface area contributed by atoms with Crippen LogP contribution in [-0.2, 0) is 20.2 Å². The second kappa shape index (κ2) is 3.84. The van der Waals surface area contributed by atoms with Crippen molar-refractivity contribution in [3.05, 3.63) is 33.0 Å². The van der Waals surface area contributed by atoms with E-state index in [9.17, 15) is 26.4 Å². The van der Waals surface area contributed by atoms with Crippen molar-refractivity contribution in [1.82, 2.24) is 0 Å². The van der Waals surface area contributed by atoms with Crippen LogP contribution in [0.3, 0.4) is 0 Å². The Morgan fingerprint density at radius 2 is 1.11 bits per heavy atom. The van der Waals surface area contributed by atoms with Gasteiger partial charge in [0.1, 0.15) is 9.79 Å². The molecule has 0 aliphatic rings. The van der Waals surface area contributed by atoms with Gasteiger partial charge in [0.2, 0.25) is 0 Å². The van der Waals surface area contributed by atoms with E-state index < -0.39 is 52.1 Å². The normalized spacial score (nSPS) is 12.9. The molecule has 2 heterocycles. The predicted octanol–water partition coefficient (Wildman–Crippen LogP) is -0.916. The molecule has 0 saturated heterocycles. The molecule has 0 unspecified atom stereocenters. The fraction of sp³-hybridized carbons (Fsp3) is 0. The van der Waals surface area contributed by atoms with Gasteiger partial charge in [0, 0.05) is 0 Å². The van der Waals surface area contributed by atoms with E-state index in [0.29, 0.717) is 12.1 Å². The molecule has 3 rings (SSSR count). The molecule has 0 aliphatic carbocycles. The molecule has 2 bridgehead atoms. The summed E-state index contributed by atoms with van der Waals surface area (Å²) in [7, 11) is -9.75. The monoisotopic (exact) mass is 308 g/mol. The highest BCUT2D eigenvalue weighted by Gasteiger charge is 2.25. The molecule has 0 fully saturated rings. The third-order valence-electron chi connectivity index (χ3n) is 2.26. The minimum Gasteiger partial charge on any atom is -0.386 e. The summed E-state index contributed by atoms with van der Waals surface area (Å²) in [5.41, 5.74) is -2.91. The maximum atomic E-state index is 11.4. The molecule has 9 nitrogen and oxygen atoms in total. The number of rotatable bonds is 2. The van der Waals surface area contributed by atoms with Crippen LogP contribution in [0.4, 0.5) is 0 Å². The zero-order valence-corrected chi connectivity index (χ0v) is 10.4. The van der Waals surface area contributed by atoms with Crippen molar-refractivity contribution in [3.8, 4) is 0 Å². The van der Waals surface area contributed by atoms with Crippen LogP contribution < -0.4 is 11.3 Å². The van der Waals surface area contributed by atoms with Crippen molar-refractivity contribution in [2.45, 2.75) is 9.79 Å². The first-order valence-corrected chi connectivity index (χ1v) is 7.29. The Morgan fingerprint density at radius 3 is 1.37 bits per heavy atom. The van der Waals surface area contributed by atoms with Gasteiger partial charge in [-0.15, -0.1) is 0 Å². The fourth-order valence-corrected chi connectivity index (χ4v) is 2.87. The molecule has 1 aromatic carbocycles. The van der Waals surface area contributed by atoms with Gasteiger partial charge in [-0.1, -0.05) is 0 Å². The van der Waals surface area contributed by atoms with Crippen molar-refractivity contribution in [1.29, 1.82) is 0 Å². The Hall–Kier alpha value is -1.82. The maximum absolute atomic E-state index is 11.4. The van der Waals surface area contributed by atoms with Gasteiger partial charge in [-0.2, -0.15) is 16.8 Å². The summed E-state index contributed by atoms with van der Waals surface area (Å²) in [6.45, 7) is 0. The minimum atomic E-state index is -4.88. The molecule has 0 atom stereocenters. The Morgan fingerprint density at radius 1 is 0.789 bits per heavy atom. The molecule has 0 saturated carbocycles. The third kappa shape index (κ3) is 2.23. The number of hydrogen-bond acceptors (Lipinski definition) is 7. The van der Waals surface area contributed by atoms with E-state index in [1.54, 1.807) is 0 Å². The van der Waals surface area contributed by atoms with Crippen LogP contribution in [0.5, 0.6) is 0 Å². The third-order valence-corrected chi connectivity index (χ3v) is 4.05. The second-order valence-electron chi connectivity index (χ2n) is 3.47. The standard InChI is InChI=1S/C8H4O9S2/c9-7-3-1-5(18(11,12)13)4(8(10)17-7)2-6(3)19(14,15)16/h1-2H,(H,11,12,13)(H,14,15,16). The predicted molar refractivity (Wildman–Crippen MR) is 59.6 cm³/mol. The molecule has 0 aliphatic heterocycles. The van der Waals surface area contributed by atoms with E-state index in [2.05, 4.69) is 4.42 Å². The summed E-state index contributed by atoms with van der Waals surface area (Å²) in [4.78, 5) is 20.8. The van der Waals surface area contributed by atoms with Crippen LogP contribution in [0.25, 0.3) is 10.8 Å². The first kappa shape index (κ1) is 13.6. The molecule has 0 amide bonds. The minimum absolute atomic E-state index is 0.445. The Kier molecular flexibility index (Phi) is 2.75. The lowest BCUT2D eigenvalue weighted by atomic mass is 10.2. The Balaban J connectivity index is 3.25. The van der Waals surface area contributed by atoms with Crippen LogP contribution in [0.2, 0.25) is 0 Å². The van der Waals surface area contributed by atoms with Gasteiger partial charge < -0.3 is 4.42 Å². The summed E-state index contributed by atoms with van der Waals surface area (Å²) < 4.78 is 66.0. The zero-order chi connectivity index (χ0) is 14.6. The van der Waals surface area contributed by atoms with Crippen molar-refractivity contribution >= 4 is 31.0 Å². The summed E-state index contributed by atoms with van der Waals surface area (Å²) in [5.74, 6) is 0. The van der Waals surface area contributed by atoms with Gasteiger partial charge >= 0.3 is 11.3 Å². The molecule has 19 heavy (non-hydrogen) atoms. The largest absolute Gasteiger partial charge is 0.386 e. The van der Waals surface area contributed by atoms with Gasteiger partial charge in [0.15, 0.2) is 0 Å². The summed E-state index contributed by atoms with van der Waals surface area (Å²) >= 11 is 0. The smallest absolute Gasteiger partial charge is 0.347 e. The molecule has 0 spiro atoms. The van der Waals surface area contributed by atoms with E-state index in [4.69, 9.17) is 9.11 Å². The molecule has 2 aromatic heterocycles. The van der Waals surface area contributed by atoms with Gasteiger partial charge in [0.25, 0.3) is 20.2 Å². The summed E-state index contributed by atoms with van der Waals surface area (Å²) in [5, 5.41) is -1.74. The second-order valence-corrected chi connectivity index (χ2v) is 6.25. The van der Waals surface area contributed by atoms with E-state index in [-0.39, 0.29) is 0 Å². The molecule has 11 heteroatoms. The quantitative estimate of drug-likeness (QED) is 0.670. The summed E-state index contributed by atoms with van der Waals surface area (Å²) in [6.07, 6.45) is 0. The first-order valence-electron chi connectivity index (χ1n) is 4.41. The highest BCUT2D eigenvalue weighted by molar-refractivity contribution is 7.86. The van der Waals surface area contributed by atoms with Crippen LogP contribution in [0.1, 0.15) is 0 Å². The average molecular weight is 308 g/mol. The molecule has 3 aromatic rings. The lowest BCUT2D eigenvalue weighted by Gasteiger charge is -2.01. The average Bonchev–Trinajstić information content (AvgIpc) is 2.42. The zero-order valence-electron chi connectivity index (χ0n) is 8.72. The lowest BCUT2D eigenvalue weighted by Crippen LogP contribution is -2.07. The van der Waals surface area contributed by atoms with Gasteiger partial charge in [-0.05, 0) is 12.1 Å². The van der Waals surface area contributed by atoms with Crippen molar-refractivity contribution in [2.24, 2.45) is 0 Å². The molecule has 2 N–H and O–H groups in total. The number of hydrogen-bond donors (Lipinski definition) is 2. The highest BCUT2D eigenvalue weighted by atomic mass is 32.2. The van der Waals surface area contributed by atoms with Crippen molar-refractivity contribution < 1.29 is 30.4 Å². The van der Waals surface area contributed by atoms with Crippen LogP contribution in [0.15, 0.2) is 35.9 Å². The molecular formula is C8H4O9S2. The Bertz CT molecular complexity index is 900. The highest BCUT2D eigenvalue weighted by Crippen LogP contribution is 2.23. The van der Waals surface area contributed by atoms with Crippen LogP contribution >= 0.6 is 0 Å². The van der Waals surface area contributed by atoms with E-state index in [1.165, 1.54) is 0 Å². The lowest BCUT2D eigenvalue weighted by molar-refractivity contribution is 0.480. The number of fused-ring (bicyclic) bond motifs is 4. The Labute approximate surface area is 104 Å². The van der Waals surface area contributed by atoms with Gasteiger partial charge in [0.05, 0.1) is 10.8 Å². The van der Waals surface area contributed by atoms with Crippen LogP contribution in [-0.4, -0.2) is 25.9 Å². The molecule has 102 valence electrons. The fourth-order valence-electron chi connectivity index (χ4n) is 1.50. The van der Waals surface area contributed by atoms with Crippen molar-refractivity contribution in [2.75, 3.05) is 0 Å². The van der Waals surface area contributed by atoms with Crippen LogP contribution in [0, 0.1) is 0 Å². The van der Waals surface area contributed by atoms with Gasteiger partial charge in [-0.25, -0.2) is 9.59 Å². The summed E-state index contributed by atoms with van der Waals surface area (Å²) in [6, 6.07) is 0.891. The van der Waals surface area contributed by atoms with Gasteiger partial charge in [-0.3, -0.25) is 9.11 Å². The van der Waals surface area contributed by atoms with Crippen molar-refractivity contribution in [3.63, 3.8) is 0 Å². The maximum Gasteiger partial charge on any atom is 0.347 e. The van der Waals surface area contributed by atoms with E-state index in [0.717, 1.165) is 0 Å². The number of benzene rings is 1.